The molecule has 0 aliphatic rings. The second kappa shape index (κ2) is 4.33. The zero-order chi connectivity index (χ0) is 11.6. The number of methoxy groups -OCH3 is 1. The van der Waals surface area contributed by atoms with E-state index in [1.807, 2.05) is 39.0 Å². The maximum atomic E-state index is 10.1. The van der Waals surface area contributed by atoms with Crippen LogP contribution in [0.15, 0.2) is 18.2 Å². The van der Waals surface area contributed by atoms with Gasteiger partial charge in [0.15, 0.2) is 0 Å². The first-order chi connectivity index (χ1) is 6.88. The number of ether oxygens (including phenoxy) is 1. The van der Waals surface area contributed by atoms with E-state index in [1.165, 1.54) is 11.1 Å². The lowest BCUT2D eigenvalue weighted by Crippen LogP contribution is -2.31. The molecule has 0 aliphatic heterocycles. The molecule has 1 atom stereocenters. The van der Waals surface area contributed by atoms with Gasteiger partial charge in [-0.15, -0.1) is 0 Å². The van der Waals surface area contributed by atoms with Gasteiger partial charge in [-0.1, -0.05) is 18.2 Å². The molecule has 0 saturated heterocycles. The topological polar surface area (TPSA) is 29.5 Å². The van der Waals surface area contributed by atoms with E-state index in [-0.39, 0.29) is 0 Å². The lowest BCUT2D eigenvalue weighted by Gasteiger charge is -2.29. The van der Waals surface area contributed by atoms with E-state index in [4.69, 9.17) is 4.74 Å². The molecular formula is C13H20O2. The van der Waals surface area contributed by atoms with Crippen LogP contribution in [0.5, 0.6) is 0 Å². The van der Waals surface area contributed by atoms with Crippen LogP contribution in [0.3, 0.4) is 0 Å². The number of aliphatic hydroxyl groups excluding tert-OH is 1. The van der Waals surface area contributed by atoms with Crippen molar-refractivity contribution in [3.8, 4) is 0 Å². The van der Waals surface area contributed by atoms with E-state index >= 15 is 0 Å². The third-order valence-electron chi connectivity index (χ3n) is 3.03. The monoisotopic (exact) mass is 208 g/mol. The summed E-state index contributed by atoms with van der Waals surface area (Å²) >= 11 is 0. The third-order valence-corrected chi connectivity index (χ3v) is 3.03. The van der Waals surface area contributed by atoms with Crippen molar-refractivity contribution >= 4 is 0 Å². The van der Waals surface area contributed by atoms with Crippen LogP contribution in [0.2, 0.25) is 0 Å². The highest BCUT2D eigenvalue weighted by Gasteiger charge is 2.28. The first-order valence-electron chi connectivity index (χ1n) is 5.19. The van der Waals surface area contributed by atoms with Crippen molar-refractivity contribution in [2.45, 2.75) is 39.4 Å². The van der Waals surface area contributed by atoms with Gasteiger partial charge in [-0.2, -0.15) is 0 Å². The Morgan fingerprint density at radius 3 is 2.27 bits per heavy atom. The van der Waals surface area contributed by atoms with E-state index in [0.29, 0.717) is 0 Å². The Morgan fingerprint density at radius 1 is 1.20 bits per heavy atom. The molecule has 0 saturated carbocycles. The predicted octanol–water partition coefficient (Wildman–Crippen LogP) is 2.76. The minimum Gasteiger partial charge on any atom is -0.385 e. The lowest BCUT2D eigenvalue weighted by molar-refractivity contribution is -0.0793. The third kappa shape index (κ3) is 2.58. The average molecular weight is 208 g/mol. The molecule has 0 aliphatic carbocycles. The molecule has 0 amide bonds. The summed E-state index contributed by atoms with van der Waals surface area (Å²) in [7, 11) is 1.62. The largest absolute Gasteiger partial charge is 0.385 e. The molecule has 1 N–H and O–H groups in total. The molecule has 0 fully saturated rings. The van der Waals surface area contributed by atoms with Crippen LogP contribution in [-0.2, 0) is 4.74 Å². The van der Waals surface area contributed by atoms with Gasteiger partial charge in [0.25, 0.3) is 0 Å². The Labute approximate surface area is 91.9 Å². The lowest BCUT2D eigenvalue weighted by atomic mass is 9.92. The highest BCUT2D eigenvalue weighted by molar-refractivity contribution is 5.32. The maximum Gasteiger partial charge on any atom is 0.107 e. The van der Waals surface area contributed by atoms with Gasteiger partial charge >= 0.3 is 0 Å². The molecular weight excluding hydrogens is 188 g/mol. The molecule has 2 heteroatoms. The number of aryl methyl sites for hydroxylation is 2. The van der Waals surface area contributed by atoms with E-state index in [9.17, 15) is 5.11 Å². The minimum absolute atomic E-state index is 0.554. The number of benzene rings is 1. The van der Waals surface area contributed by atoms with Gasteiger partial charge in [-0.05, 0) is 44.4 Å². The molecule has 0 heterocycles. The fourth-order valence-corrected chi connectivity index (χ4v) is 1.45. The summed E-state index contributed by atoms with van der Waals surface area (Å²) in [4.78, 5) is 0. The molecule has 0 bridgehead atoms. The number of hydrogen-bond acceptors (Lipinski definition) is 2. The van der Waals surface area contributed by atoms with Gasteiger partial charge in [-0.25, -0.2) is 0 Å². The number of rotatable bonds is 3. The van der Waals surface area contributed by atoms with Crippen LogP contribution in [0.1, 0.15) is 36.6 Å². The summed E-state index contributed by atoms with van der Waals surface area (Å²) in [5.74, 6) is 0. The van der Waals surface area contributed by atoms with Gasteiger partial charge in [0.05, 0.1) is 5.60 Å². The second-order valence-corrected chi connectivity index (χ2v) is 4.55. The van der Waals surface area contributed by atoms with Gasteiger partial charge in [0.2, 0.25) is 0 Å². The molecule has 15 heavy (non-hydrogen) atoms. The predicted molar refractivity (Wildman–Crippen MR) is 62.0 cm³/mol. The van der Waals surface area contributed by atoms with Gasteiger partial charge in [-0.3, -0.25) is 0 Å². The molecule has 1 aromatic rings. The highest BCUT2D eigenvalue weighted by atomic mass is 16.5. The zero-order valence-electron chi connectivity index (χ0n) is 10.2. The summed E-state index contributed by atoms with van der Waals surface area (Å²) < 4.78 is 5.27. The molecule has 0 radical (unpaired) electrons. The maximum absolute atomic E-state index is 10.1. The normalized spacial score (nSPS) is 14.0. The summed E-state index contributed by atoms with van der Waals surface area (Å²) in [5.41, 5.74) is 2.78. The van der Waals surface area contributed by atoms with Crippen LogP contribution in [0.25, 0.3) is 0 Å². The molecule has 1 aromatic carbocycles. The first kappa shape index (κ1) is 12.2. The van der Waals surface area contributed by atoms with Crippen LogP contribution < -0.4 is 0 Å². The Kier molecular flexibility index (Phi) is 3.53. The molecule has 2 nitrogen and oxygen atoms in total. The standard InChI is InChI=1S/C13H20O2/c1-9-6-7-11(8-10(9)2)12(14)13(3,4)15-5/h6-8,12,14H,1-5H3. The molecule has 0 aromatic heterocycles. The SMILES string of the molecule is COC(C)(C)C(O)c1ccc(C)c(C)c1. The first-order valence-corrected chi connectivity index (χ1v) is 5.19. The van der Waals surface area contributed by atoms with E-state index < -0.39 is 11.7 Å². The summed E-state index contributed by atoms with van der Waals surface area (Å²) in [6.07, 6.45) is -0.596. The summed E-state index contributed by atoms with van der Waals surface area (Å²) in [5, 5.41) is 10.1. The Morgan fingerprint density at radius 2 is 1.80 bits per heavy atom. The second-order valence-electron chi connectivity index (χ2n) is 4.55. The van der Waals surface area contributed by atoms with Crippen molar-refractivity contribution in [3.63, 3.8) is 0 Å². The summed E-state index contributed by atoms with van der Waals surface area (Å²) in [6.45, 7) is 7.87. The Bertz CT molecular complexity index is 342. The average Bonchev–Trinajstić information content (AvgIpc) is 2.21. The van der Waals surface area contributed by atoms with Crippen LogP contribution >= 0.6 is 0 Å². The van der Waals surface area contributed by atoms with Crippen molar-refractivity contribution in [2.24, 2.45) is 0 Å². The van der Waals surface area contributed by atoms with E-state index in [2.05, 4.69) is 6.92 Å². The molecule has 1 unspecified atom stereocenters. The fraction of sp³-hybridized carbons (Fsp3) is 0.538. The van der Waals surface area contributed by atoms with Gasteiger partial charge < -0.3 is 9.84 Å². The van der Waals surface area contributed by atoms with Crippen LogP contribution in [0.4, 0.5) is 0 Å². The van der Waals surface area contributed by atoms with E-state index in [1.54, 1.807) is 7.11 Å². The van der Waals surface area contributed by atoms with E-state index in [0.717, 1.165) is 5.56 Å². The Hall–Kier alpha value is -0.860. The van der Waals surface area contributed by atoms with Crippen molar-refractivity contribution in [2.75, 3.05) is 7.11 Å². The van der Waals surface area contributed by atoms with Crippen LogP contribution in [-0.4, -0.2) is 17.8 Å². The smallest absolute Gasteiger partial charge is 0.107 e. The summed E-state index contributed by atoms with van der Waals surface area (Å²) in [6, 6.07) is 5.99. The van der Waals surface area contributed by atoms with Gasteiger partial charge in [0.1, 0.15) is 6.10 Å². The van der Waals surface area contributed by atoms with Crippen molar-refractivity contribution in [1.29, 1.82) is 0 Å². The number of aliphatic hydroxyl groups is 1. The highest BCUT2D eigenvalue weighted by Crippen LogP contribution is 2.29. The number of hydrogen-bond donors (Lipinski definition) is 1. The Balaban J connectivity index is 3.02. The quantitative estimate of drug-likeness (QED) is 0.827. The van der Waals surface area contributed by atoms with Crippen molar-refractivity contribution < 1.29 is 9.84 Å². The van der Waals surface area contributed by atoms with Gasteiger partial charge in [0, 0.05) is 7.11 Å². The zero-order valence-corrected chi connectivity index (χ0v) is 10.2. The van der Waals surface area contributed by atoms with Crippen LogP contribution in [0, 0.1) is 13.8 Å². The molecule has 1 rings (SSSR count). The van der Waals surface area contributed by atoms with Crippen molar-refractivity contribution in [3.05, 3.63) is 34.9 Å². The molecule has 84 valence electrons. The minimum atomic E-state index is -0.596. The fourth-order valence-electron chi connectivity index (χ4n) is 1.45. The molecule has 0 spiro atoms. The van der Waals surface area contributed by atoms with Crippen molar-refractivity contribution in [1.82, 2.24) is 0 Å².